The van der Waals surface area contributed by atoms with Crippen LogP contribution in [0.25, 0.3) is 0 Å². The van der Waals surface area contributed by atoms with Crippen molar-refractivity contribution >= 4 is 6.47 Å². The molecule has 0 spiro atoms. The van der Waals surface area contributed by atoms with Gasteiger partial charge in [0, 0.05) is 6.42 Å². The highest BCUT2D eigenvalue weighted by atomic mass is 16.5. The normalized spacial score (nSPS) is 21.1. The van der Waals surface area contributed by atoms with Crippen molar-refractivity contribution in [2.45, 2.75) is 37.7 Å². The van der Waals surface area contributed by atoms with Gasteiger partial charge in [-0.05, 0) is 25.7 Å². The quantitative estimate of drug-likeness (QED) is 0.457. The highest BCUT2D eigenvalue weighted by Crippen LogP contribution is 2.35. The van der Waals surface area contributed by atoms with E-state index < -0.39 is 0 Å². The van der Waals surface area contributed by atoms with Gasteiger partial charge in [-0.3, -0.25) is 4.79 Å². The second-order valence-electron chi connectivity index (χ2n) is 3.10. The fourth-order valence-corrected chi connectivity index (χ4v) is 1.75. The summed E-state index contributed by atoms with van der Waals surface area (Å²) in [6.45, 7) is 4.22. The summed E-state index contributed by atoms with van der Waals surface area (Å²) in [5.74, 6) is 0. The smallest absolute Gasteiger partial charge is 0.293 e. The summed E-state index contributed by atoms with van der Waals surface area (Å²) in [5, 5.41) is 0. The van der Waals surface area contributed by atoms with Gasteiger partial charge < -0.3 is 4.74 Å². The Morgan fingerprint density at radius 2 is 2.09 bits per heavy atom. The topological polar surface area (TPSA) is 26.3 Å². The Labute approximate surface area is 67.2 Å². The zero-order valence-electron chi connectivity index (χ0n) is 6.71. The van der Waals surface area contributed by atoms with Crippen LogP contribution in [0.1, 0.15) is 32.1 Å². The van der Waals surface area contributed by atoms with Crippen molar-refractivity contribution in [3.63, 3.8) is 0 Å². The number of hydrogen-bond acceptors (Lipinski definition) is 2. The van der Waals surface area contributed by atoms with Crippen molar-refractivity contribution in [1.29, 1.82) is 0 Å². The molecule has 0 saturated heterocycles. The van der Waals surface area contributed by atoms with Crippen LogP contribution in [0.15, 0.2) is 12.7 Å². The molecule has 1 saturated carbocycles. The van der Waals surface area contributed by atoms with E-state index in [2.05, 4.69) is 6.58 Å². The Hall–Kier alpha value is -0.790. The van der Waals surface area contributed by atoms with Crippen LogP contribution in [0.5, 0.6) is 0 Å². The lowest BCUT2D eigenvalue weighted by atomic mass is 9.98. The average molecular weight is 154 g/mol. The van der Waals surface area contributed by atoms with Gasteiger partial charge in [0.05, 0.1) is 0 Å². The van der Waals surface area contributed by atoms with Crippen LogP contribution < -0.4 is 0 Å². The molecule has 1 aliphatic carbocycles. The van der Waals surface area contributed by atoms with Gasteiger partial charge in [-0.15, -0.1) is 6.58 Å². The van der Waals surface area contributed by atoms with Gasteiger partial charge in [-0.2, -0.15) is 0 Å². The van der Waals surface area contributed by atoms with Crippen LogP contribution in [0.3, 0.4) is 0 Å². The third-order valence-corrected chi connectivity index (χ3v) is 2.33. The van der Waals surface area contributed by atoms with Crippen LogP contribution in [0.2, 0.25) is 0 Å². The average Bonchev–Trinajstić information content (AvgIpc) is 2.39. The van der Waals surface area contributed by atoms with Crippen LogP contribution in [0.4, 0.5) is 0 Å². The largest absolute Gasteiger partial charge is 0.461 e. The first kappa shape index (κ1) is 8.31. The molecule has 0 aliphatic heterocycles. The monoisotopic (exact) mass is 154 g/mol. The van der Waals surface area contributed by atoms with E-state index in [9.17, 15) is 4.79 Å². The van der Waals surface area contributed by atoms with Crippen molar-refractivity contribution in [2.75, 3.05) is 0 Å². The molecule has 11 heavy (non-hydrogen) atoms. The third kappa shape index (κ3) is 1.82. The molecule has 0 bridgehead atoms. The van der Waals surface area contributed by atoms with Gasteiger partial charge in [0.15, 0.2) is 0 Å². The lowest BCUT2D eigenvalue weighted by Crippen LogP contribution is -2.27. The standard InChI is InChI=1S/C9H14O2/c1-2-5-9(11-8-10)6-3-4-7-9/h2,8H,1,3-7H2. The summed E-state index contributed by atoms with van der Waals surface area (Å²) in [6, 6.07) is 0. The van der Waals surface area contributed by atoms with E-state index in [4.69, 9.17) is 4.74 Å². The zero-order chi connectivity index (χ0) is 8.16. The zero-order valence-corrected chi connectivity index (χ0v) is 6.71. The first-order valence-corrected chi connectivity index (χ1v) is 4.05. The molecule has 1 aliphatic rings. The number of hydrogen-bond donors (Lipinski definition) is 0. The highest BCUT2D eigenvalue weighted by Gasteiger charge is 2.33. The minimum Gasteiger partial charge on any atom is -0.461 e. The Morgan fingerprint density at radius 1 is 1.45 bits per heavy atom. The SMILES string of the molecule is C=CCC1(OC=O)CCCC1. The van der Waals surface area contributed by atoms with Gasteiger partial charge in [0.2, 0.25) is 0 Å². The summed E-state index contributed by atoms with van der Waals surface area (Å²) < 4.78 is 5.08. The summed E-state index contributed by atoms with van der Waals surface area (Å²) >= 11 is 0. The number of ether oxygens (including phenoxy) is 1. The number of rotatable bonds is 4. The minimum atomic E-state index is -0.191. The molecular weight excluding hydrogens is 140 g/mol. The van der Waals surface area contributed by atoms with Gasteiger partial charge >= 0.3 is 0 Å². The van der Waals surface area contributed by atoms with Crippen molar-refractivity contribution in [3.05, 3.63) is 12.7 Å². The molecule has 0 radical (unpaired) electrons. The predicted molar refractivity (Wildman–Crippen MR) is 43.2 cm³/mol. The first-order valence-electron chi connectivity index (χ1n) is 4.05. The fraction of sp³-hybridized carbons (Fsp3) is 0.667. The van der Waals surface area contributed by atoms with E-state index in [0.717, 1.165) is 19.3 Å². The summed E-state index contributed by atoms with van der Waals surface area (Å²) in [7, 11) is 0. The Bertz CT molecular complexity index is 134. The molecule has 2 nitrogen and oxygen atoms in total. The summed E-state index contributed by atoms with van der Waals surface area (Å²) in [5.41, 5.74) is -0.191. The fourth-order valence-electron chi connectivity index (χ4n) is 1.75. The molecule has 0 aromatic rings. The first-order chi connectivity index (χ1) is 5.33. The third-order valence-electron chi connectivity index (χ3n) is 2.33. The van der Waals surface area contributed by atoms with Crippen molar-refractivity contribution in [3.8, 4) is 0 Å². The molecule has 0 atom stereocenters. The Kier molecular flexibility index (Phi) is 2.69. The van der Waals surface area contributed by atoms with Crippen molar-refractivity contribution in [2.24, 2.45) is 0 Å². The summed E-state index contributed by atoms with van der Waals surface area (Å²) in [4.78, 5) is 10.2. The van der Waals surface area contributed by atoms with E-state index in [1.807, 2.05) is 6.08 Å². The van der Waals surface area contributed by atoms with E-state index in [-0.39, 0.29) is 5.60 Å². The molecule has 0 aromatic heterocycles. The molecule has 0 aromatic carbocycles. The van der Waals surface area contributed by atoms with Crippen LogP contribution in [-0.2, 0) is 9.53 Å². The molecule has 0 N–H and O–H groups in total. The maximum atomic E-state index is 10.2. The van der Waals surface area contributed by atoms with Gasteiger partial charge in [-0.25, -0.2) is 0 Å². The predicted octanol–water partition coefficient (Wildman–Crippen LogP) is 2.05. The van der Waals surface area contributed by atoms with Crippen LogP contribution in [0, 0.1) is 0 Å². The lowest BCUT2D eigenvalue weighted by Gasteiger charge is -2.24. The molecule has 2 heteroatoms. The number of carbonyl (C=O) groups is 1. The van der Waals surface area contributed by atoms with Gasteiger partial charge in [0.1, 0.15) is 5.60 Å². The van der Waals surface area contributed by atoms with E-state index in [1.165, 1.54) is 12.8 Å². The molecule has 0 unspecified atom stereocenters. The maximum absolute atomic E-state index is 10.2. The Morgan fingerprint density at radius 3 is 2.55 bits per heavy atom. The molecule has 0 amide bonds. The van der Waals surface area contributed by atoms with Crippen molar-refractivity contribution in [1.82, 2.24) is 0 Å². The molecule has 1 fully saturated rings. The Balaban J connectivity index is 2.53. The molecule has 0 heterocycles. The van der Waals surface area contributed by atoms with E-state index in [0.29, 0.717) is 6.47 Å². The van der Waals surface area contributed by atoms with Crippen molar-refractivity contribution < 1.29 is 9.53 Å². The maximum Gasteiger partial charge on any atom is 0.293 e. The minimum absolute atomic E-state index is 0.191. The lowest BCUT2D eigenvalue weighted by molar-refractivity contribution is -0.142. The second-order valence-corrected chi connectivity index (χ2v) is 3.10. The summed E-state index contributed by atoms with van der Waals surface area (Å²) in [6.07, 6.45) is 6.96. The van der Waals surface area contributed by atoms with E-state index in [1.54, 1.807) is 0 Å². The van der Waals surface area contributed by atoms with Gasteiger partial charge in [-0.1, -0.05) is 6.08 Å². The highest BCUT2D eigenvalue weighted by molar-refractivity contribution is 5.38. The number of carbonyl (C=O) groups excluding carboxylic acids is 1. The van der Waals surface area contributed by atoms with Gasteiger partial charge in [0.25, 0.3) is 6.47 Å². The van der Waals surface area contributed by atoms with Crippen LogP contribution >= 0.6 is 0 Å². The van der Waals surface area contributed by atoms with E-state index >= 15 is 0 Å². The second kappa shape index (κ2) is 3.56. The molecule has 62 valence electrons. The molecular formula is C9H14O2. The molecule has 1 rings (SSSR count). The van der Waals surface area contributed by atoms with Crippen LogP contribution in [-0.4, -0.2) is 12.1 Å².